The van der Waals surface area contributed by atoms with E-state index in [-0.39, 0.29) is 9.92 Å². The molecule has 0 saturated carbocycles. The van der Waals surface area contributed by atoms with Crippen LogP contribution in [0.1, 0.15) is 12.6 Å². The fourth-order valence-corrected chi connectivity index (χ4v) is 3.88. The molecule has 1 heterocycles. The molecule has 108 valence electrons. The van der Waals surface area contributed by atoms with Crippen molar-refractivity contribution < 1.29 is 8.42 Å². The van der Waals surface area contributed by atoms with Crippen LogP contribution in [0.25, 0.3) is 0 Å². The smallest absolute Gasteiger partial charge is 0.263 e. The molecule has 0 atom stereocenters. The van der Waals surface area contributed by atoms with Crippen molar-refractivity contribution in [1.29, 1.82) is 0 Å². The monoisotopic (exact) mass is 377 g/mol. The number of halogens is 2. The van der Waals surface area contributed by atoms with Gasteiger partial charge in [0.2, 0.25) is 0 Å². The van der Waals surface area contributed by atoms with Crippen molar-refractivity contribution in [3.05, 3.63) is 39.6 Å². The number of hydrogen-bond donors (Lipinski definition) is 1. The van der Waals surface area contributed by atoms with E-state index in [4.69, 9.17) is 11.6 Å². The largest absolute Gasteiger partial charge is 0.276 e. The fourth-order valence-electron chi connectivity index (χ4n) is 1.77. The third kappa shape index (κ3) is 3.16. The number of nitrogens with one attached hydrogen (secondary N) is 1. The second-order valence-electron chi connectivity index (χ2n) is 4.20. The Bertz CT molecular complexity index is 743. The minimum atomic E-state index is -3.74. The van der Waals surface area contributed by atoms with E-state index in [0.717, 1.165) is 4.47 Å². The maximum Gasteiger partial charge on any atom is 0.263 e. The van der Waals surface area contributed by atoms with Gasteiger partial charge in [-0.2, -0.15) is 5.10 Å². The molecule has 1 aromatic carbocycles. The summed E-state index contributed by atoms with van der Waals surface area (Å²) >= 11 is 9.23. The second-order valence-corrected chi connectivity index (χ2v) is 7.17. The van der Waals surface area contributed by atoms with Gasteiger partial charge in [0.25, 0.3) is 10.0 Å². The summed E-state index contributed by atoms with van der Waals surface area (Å²) in [5, 5.41) is 4.35. The quantitative estimate of drug-likeness (QED) is 0.888. The van der Waals surface area contributed by atoms with Crippen LogP contribution in [0, 0.1) is 0 Å². The zero-order valence-electron chi connectivity index (χ0n) is 10.9. The lowest BCUT2D eigenvalue weighted by molar-refractivity contribution is 0.601. The van der Waals surface area contributed by atoms with Gasteiger partial charge in [-0.25, -0.2) is 8.42 Å². The van der Waals surface area contributed by atoms with Gasteiger partial charge in [-0.05, 0) is 24.6 Å². The highest BCUT2D eigenvalue weighted by molar-refractivity contribution is 9.10. The standard InChI is InChI=1S/C12H13BrClN3O2S/c1-3-10-11(7-17(2)15-10)16-20(18,19)12-5-4-8(13)6-9(12)14/h4-7,16H,3H2,1-2H3. The summed E-state index contributed by atoms with van der Waals surface area (Å²) in [5.74, 6) is 0. The Kier molecular flexibility index (Phi) is 4.41. The average Bonchev–Trinajstić information content (AvgIpc) is 2.67. The number of sulfonamides is 1. The number of aromatic nitrogens is 2. The van der Waals surface area contributed by atoms with E-state index in [2.05, 4.69) is 25.8 Å². The van der Waals surface area contributed by atoms with Gasteiger partial charge in [0.15, 0.2) is 0 Å². The minimum absolute atomic E-state index is 0.0354. The molecule has 8 heteroatoms. The maximum atomic E-state index is 12.4. The molecular formula is C12H13BrClN3O2S. The summed E-state index contributed by atoms with van der Waals surface area (Å²) in [4.78, 5) is 0.0354. The van der Waals surface area contributed by atoms with Gasteiger partial charge in [0.1, 0.15) is 4.90 Å². The van der Waals surface area contributed by atoms with Crippen LogP contribution in [0.2, 0.25) is 5.02 Å². The van der Waals surface area contributed by atoms with Crippen molar-refractivity contribution in [2.45, 2.75) is 18.2 Å². The molecule has 0 radical (unpaired) electrons. The normalized spacial score (nSPS) is 11.6. The third-order valence-corrected chi connectivity index (χ3v) is 5.01. The molecule has 0 unspecified atom stereocenters. The highest BCUT2D eigenvalue weighted by Crippen LogP contribution is 2.27. The Hall–Kier alpha value is -1.05. The summed E-state index contributed by atoms with van der Waals surface area (Å²) in [7, 11) is -2.00. The van der Waals surface area contributed by atoms with Gasteiger partial charge >= 0.3 is 0 Å². The Labute approximate surface area is 131 Å². The van der Waals surface area contributed by atoms with E-state index in [9.17, 15) is 8.42 Å². The molecule has 0 aliphatic heterocycles. The summed E-state index contributed by atoms with van der Waals surface area (Å²) in [6, 6.07) is 4.63. The van der Waals surface area contributed by atoms with Gasteiger partial charge in [-0.1, -0.05) is 34.5 Å². The van der Waals surface area contributed by atoms with Crippen molar-refractivity contribution in [2.24, 2.45) is 7.05 Å². The Balaban J connectivity index is 2.40. The Morgan fingerprint density at radius 2 is 2.15 bits per heavy atom. The van der Waals surface area contributed by atoms with E-state index in [1.807, 2.05) is 6.92 Å². The number of nitrogens with zero attached hydrogens (tertiary/aromatic N) is 2. The molecule has 0 fully saturated rings. The molecule has 0 amide bonds. The van der Waals surface area contributed by atoms with Crippen LogP contribution in [0.4, 0.5) is 5.69 Å². The van der Waals surface area contributed by atoms with Gasteiger partial charge in [0.05, 0.1) is 16.4 Å². The first-order chi connectivity index (χ1) is 9.33. The molecule has 2 rings (SSSR count). The predicted molar refractivity (Wildman–Crippen MR) is 82.5 cm³/mol. The van der Waals surface area contributed by atoms with Crippen LogP contribution in [0.5, 0.6) is 0 Å². The lowest BCUT2D eigenvalue weighted by Crippen LogP contribution is -2.14. The van der Waals surface area contributed by atoms with Crippen LogP contribution in [0.3, 0.4) is 0 Å². The summed E-state index contributed by atoms with van der Waals surface area (Å²) in [5.41, 5.74) is 1.15. The predicted octanol–water partition coefficient (Wildman–Crippen LogP) is 3.20. The van der Waals surface area contributed by atoms with Crippen molar-refractivity contribution in [1.82, 2.24) is 9.78 Å². The van der Waals surface area contributed by atoms with E-state index < -0.39 is 10.0 Å². The summed E-state index contributed by atoms with van der Waals surface area (Å²) < 4.78 is 29.5. The molecule has 20 heavy (non-hydrogen) atoms. The first-order valence-electron chi connectivity index (χ1n) is 5.84. The molecule has 0 saturated heterocycles. The van der Waals surface area contributed by atoms with Gasteiger partial charge in [-0.15, -0.1) is 0 Å². The zero-order valence-corrected chi connectivity index (χ0v) is 14.1. The number of rotatable bonds is 4. The van der Waals surface area contributed by atoms with Crippen LogP contribution in [0.15, 0.2) is 33.8 Å². The van der Waals surface area contributed by atoms with E-state index in [1.54, 1.807) is 30.1 Å². The van der Waals surface area contributed by atoms with Crippen LogP contribution in [-0.2, 0) is 23.5 Å². The molecule has 1 aromatic heterocycles. The first-order valence-corrected chi connectivity index (χ1v) is 8.49. The molecule has 5 nitrogen and oxygen atoms in total. The van der Waals surface area contributed by atoms with Crippen LogP contribution in [-0.4, -0.2) is 18.2 Å². The molecule has 0 aliphatic rings. The van der Waals surface area contributed by atoms with E-state index >= 15 is 0 Å². The van der Waals surface area contributed by atoms with Crippen molar-refractivity contribution in [3.63, 3.8) is 0 Å². The number of aryl methyl sites for hydroxylation is 2. The fraction of sp³-hybridized carbons (Fsp3) is 0.250. The second kappa shape index (κ2) is 5.75. The molecule has 2 aromatic rings. The number of benzene rings is 1. The van der Waals surface area contributed by atoms with Crippen LogP contribution >= 0.6 is 27.5 Å². The Morgan fingerprint density at radius 3 is 2.75 bits per heavy atom. The van der Waals surface area contributed by atoms with E-state index in [0.29, 0.717) is 17.8 Å². The maximum absolute atomic E-state index is 12.4. The van der Waals surface area contributed by atoms with Gasteiger partial charge in [0, 0.05) is 17.7 Å². The topological polar surface area (TPSA) is 64.0 Å². The van der Waals surface area contributed by atoms with Gasteiger partial charge < -0.3 is 0 Å². The lowest BCUT2D eigenvalue weighted by atomic mass is 10.3. The number of hydrogen-bond acceptors (Lipinski definition) is 3. The average molecular weight is 379 g/mol. The summed E-state index contributed by atoms with van der Waals surface area (Å²) in [6.07, 6.45) is 2.26. The van der Waals surface area contributed by atoms with Crippen molar-refractivity contribution in [2.75, 3.05) is 4.72 Å². The molecule has 0 aliphatic carbocycles. The molecule has 0 bridgehead atoms. The van der Waals surface area contributed by atoms with E-state index in [1.165, 1.54) is 6.07 Å². The molecule has 0 spiro atoms. The lowest BCUT2D eigenvalue weighted by Gasteiger charge is -2.09. The van der Waals surface area contributed by atoms with Crippen LogP contribution < -0.4 is 4.72 Å². The van der Waals surface area contributed by atoms with Gasteiger partial charge in [-0.3, -0.25) is 9.40 Å². The summed E-state index contributed by atoms with van der Waals surface area (Å²) in [6.45, 7) is 1.91. The zero-order chi connectivity index (χ0) is 14.9. The third-order valence-electron chi connectivity index (χ3n) is 2.67. The molecule has 1 N–H and O–H groups in total. The minimum Gasteiger partial charge on any atom is -0.276 e. The highest BCUT2D eigenvalue weighted by Gasteiger charge is 2.20. The molecular weight excluding hydrogens is 366 g/mol. The SMILES string of the molecule is CCc1nn(C)cc1NS(=O)(=O)c1ccc(Br)cc1Cl. The first kappa shape index (κ1) is 15.3. The van der Waals surface area contributed by atoms with Crippen molar-refractivity contribution in [3.8, 4) is 0 Å². The number of anilines is 1. The van der Waals surface area contributed by atoms with Crippen molar-refractivity contribution >= 4 is 43.2 Å². The Morgan fingerprint density at radius 1 is 1.45 bits per heavy atom. The highest BCUT2D eigenvalue weighted by atomic mass is 79.9.